The number of hydrogen-bond acceptors (Lipinski definition) is 3. The van der Waals surface area contributed by atoms with Crippen LogP contribution < -0.4 is 0 Å². The predicted molar refractivity (Wildman–Crippen MR) is 56.0 cm³/mol. The molecule has 0 saturated carbocycles. The molecular weight excluding hydrogens is 180 g/mol. The van der Waals surface area contributed by atoms with Gasteiger partial charge in [-0.3, -0.25) is 4.79 Å². The molecule has 0 fully saturated rings. The van der Waals surface area contributed by atoms with Gasteiger partial charge in [-0.15, -0.1) is 6.58 Å². The highest BCUT2D eigenvalue weighted by Gasteiger charge is 2.20. The fraction of sp³-hybridized carbons (Fsp3) is 0.545. The van der Waals surface area contributed by atoms with E-state index in [0.29, 0.717) is 5.57 Å². The van der Waals surface area contributed by atoms with Crippen LogP contribution in [0.25, 0.3) is 0 Å². The maximum absolute atomic E-state index is 10.4. The molecule has 0 aliphatic carbocycles. The highest BCUT2D eigenvalue weighted by molar-refractivity contribution is 5.72. The third kappa shape index (κ3) is 3.85. The maximum atomic E-state index is 10.4. The number of aliphatic hydroxyl groups excluding tert-OH is 1. The molecule has 14 heavy (non-hydrogen) atoms. The third-order valence-corrected chi connectivity index (χ3v) is 2.09. The van der Waals surface area contributed by atoms with Crippen molar-refractivity contribution in [3.8, 4) is 0 Å². The molecule has 1 N–H and O–H groups in total. The van der Waals surface area contributed by atoms with E-state index in [1.807, 2.05) is 6.92 Å². The van der Waals surface area contributed by atoms with E-state index in [4.69, 9.17) is 4.74 Å². The molecule has 80 valence electrons. The molecule has 0 rings (SSSR count). The Morgan fingerprint density at radius 1 is 1.57 bits per heavy atom. The van der Waals surface area contributed by atoms with Crippen LogP contribution in [0, 0.1) is 5.92 Å². The molecule has 0 unspecified atom stereocenters. The summed E-state index contributed by atoms with van der Waals surface area (Å²) in [6, 6.07) is 0. The quantitative estimate of drug-likeness (QED) is 0.398. The lowest BCUT2D eigenvalue weighted by Crippen LogP contribution is -2.31. The first-order valence-corrected chi connectivity index (χ1v) is 4.53. The van der Waals surface area contributed by atoms with Gasteiger partial charge in [-0.25, -0.2) is 0 Å². The van der Waals surface area contributed by atoms with Gasteiger partial charge in [0, 0.05) is 13.0 Å². The lowest BCUT2D eigenvalue weighted by Gasteiger charge is -2.22. The number of rotatable bonds is 6. The molecule has 0 heterocycles. The average Bonchev–Trinajstić information content (AvgIpc) is 2.19. The number of methoxy groups -OCH3 is 1. The van der Waals surface area contributed by atoms with Crippen LogP contribution in [0.2, 0.25) is 0 Å². The molecule has 0 spiro atoms. The molecule has 0 amide bonds. The largest absolute Gasteiger partial charge is 0.389 e. The topological polar surface area (TPSA) is 46.5 Å². The van der Waals surface area contributed by atoms with E-state index in [9.17, 15) is 9.90 Å². The number of allylic oxidation sites excluding steroid dienone is 1. The van der Waals surface area contributed by atoms with Gasteiger partial charge in [0.1, 0.15) is 12.4 Å². The summed E-state index contributed by atoms with van der Waals surface area (Å²) in [7, 11) is 1.51. The second-order valence-corrected chi connectivity index (χ2v) is 3.31. The molecule has 0 aromatic rings. The van der Waals surface area contributed by atoms with Crippen LogP contribution >= 0.6 is 0 Å². The van der Waals surface area contributed by atoms with Gasteiger partial charge in [-0.05, 0) is 12.5 Å². The molecule has 0 saturated heterocycles. The molecule has 3 heteroatoms. The number of aldehydes is 1. The number of carbonyl (C=O) groups is 1. The third-order valence-electron chi connectivity index (χ3n) is 2.09. The minimum atomic E-state index is -0.674. The predicted octanol–water partition coefficient (Wildman–Crippen LogP) is 1.33. The molecule has 0 aliphatic rings. The minimum absolute atomic E-state index is 0.136. The van der Waals surface area contributed by atoms with E-state index in [2.05, 4.69) is 6.58 Å². The van der Waals surface area contributed by atoms with E-state index in [0.717, 1.165) is 6.29 Å². The van der Waals surface area contributed by atoms with Gasteiger partial charge in [0.25, 0.3) is 0 Å². The fourth-order valence-corrected chi connectivity index (χ4v) is 1.23. The summed E-state index contributed by atoms with van der Waals surface area (Å²) in [5.74, 6) is -0.136. The summed E-state index contributed by atoms with van der Waals surface area (Å²) < 4.78 is 5.01. The van der Waals surface area contributed by atoms with E-state index in [1.54, 1.807) is 19.1 Å². The summed E-state index contributed by atoms with van der Waals surface area (Å²) in [5, 5.41) is 9.77. The van der Waals surface area contributed by atoms with Crippen LogP contribution in [0.15, 0.2) is 24.3 Å². The molecule has 3 nitrogen and oxygen atoms in total. The van der Waals surface area contributed by atoms with Crippen molar-refractivity contribution >= 4 is 6.29 Å². The van der Waals surface area contributed by atoms with Crippen molar-refractivity contribution < 1.29 is 14.6 Å². The van der Waals surface area contributed by atoms with E-state index in [-0.39, 0.29) is 5.92 Å². The Hall–Kier alpha value is -0.930. The Labute approximate surface area is 85.1 Å². The van der Waals surface area contributed by atoms with Crippen molar-refractivity contribution in [2.45, 2.75) is 26.1 Å². The zero-order valence-electron chi connectivity index (χ0n) is 8.93. The van der Waals surface area contributed by atoms with Gasteiger partial charge >= 0.3 is 0 Å². The Morgan fingerprint density at radius 2 is 2.14 bits per heavy atom. The molecule has 3 atom stereocenters. The van der Waals surface area contributed by atoms with E-state index >= 15 is 0 Å². The van der Waals surface area contributed by atoms with Gasteiger partial charge in [0.2, 0.25) is 0 Å². The Balaban J connectivity index is 4.44. The first-order chi connectivity index (χ1) is 6.56. The van der Waals surface area contributed by atoms with Gasteiger partial charge < -0.3 is 9.84 Å². The SMILES string of the molecule is C=C[C@H](OC)[C@@H](O)[C@H](C)/C=C(/C)C=O. The van der Waals surface area contributed by atoms with E-state index in [1.165, 1.54) is 7.11 Å². The van der Waals surface area contributed by atoms with Crippen molar-refractivity contribution in [3.05, 3.63) is 24.3 Å². The number of aliphatic hydroxyl groups is 1. The highest BCUT2D eigenvalue weighted by Crippen LogP contribution is 2.13. The first kappa shape index (κ1) is 13.1. The lowest BCUT2D eigenvalue weighted by atomic mass is 9.97. The summed E-state index contributed by atoms with van der Waals surface area (Å²) in [4.78, 5) is 10.4. The summed E-state index contributed by atoms with van der Waals surface area (Å²) in [6.07, 6.45) is 2.95. The normalized spacial score (nSPS) is 18.4. The minimum Gasteiger partial charge on any atom is -0.389 e. The molecule has 0 aromatic heterocycles. The summed E-state index contributed by atoms with van der Waals surface area (Å²) in [5.41, 5.74) is 0.607. The van der Waals surface area contributed by atoms with Crippen LogP contribution in [-0.4, -0.2) is 30.7 Å². The standard InChI is InChI=1S/C11H18O3/c1-5-10(14-4)11(13)9(3)6-8(2)7-12/h5-7,9-11,13H,1H2,2-4H3/b8-6-/t9-,10+,11+/m1/s1. The fourth-order valence-electron chi connectivity index (χ4n) is 1.23. The van der Waals surface area contributed by atoms with Crippen LogP contribution in [0.3, 0.4) is 0 Å². The second kappa shape index (κ2) is 6.51. The van der Waals surface area contributed by atoms with Crippen LogP contribution in [0.5, 0.6) is 0 Å². The highest BCUT2D eigenvalue weighted by atomic mass is 16.5. The molecule has 0 aliphatic heterocycles. The Morgan fingerprint density at radius 3 is 2.50 bits per heavy atom. The Kier molecular flexibility index (Phi) is 6.08. The zero-order valence-corrected chi connectivity index (χ0v) is 8.93. The van der Waals surface area contributed by atoms with E-state index < -0.39 is 12.2 Å². The van der Waals surface area contributed by atoms with Crippen molar-refractivity contribution in [2.24, 2.45) is 5.92 Å². The summed E-state index contributed by atoms with van der Waals surface area (Å²) in [6.45, 7) is 7.09. The average molecular weight is 198 g/mol. The van der Waals surface area contributed by atoms with Crippen molar-refractivity contribution in [1.82, 2.24) is 0 Å². The van der Waals surface area contributed by atoms with Gasteiger partial charge in [0.15, 0.2) is 0 Å². The number of carbonyl (C=O) groups excluding carboxylic acids is 1. The van der Waals surface area contributed by atoms with Gasteiger partial charge in [-0.1, -0.05) is 19.1 Å². The molecular formula is C11H18O3. The lowest BCUT2D eigenvalue weighted by molar-refractivity contribution is -0.104. The van der Waals surface area contributed by atoms with Crippen LogP contribution in [0.1, 0.15) is 13.8 Å². The van der Waals surface area contributed by atoms with Crippen LogP contribution in [0.4, 0.5) is 0 Å². The van der Waals surface area contributed by atoms with Gasteiger partial charge in [-0.2, -0.15) is 0 Å². The number of hydrogen-bond donors (Lipinski definition) is 1. The molecule has 0 bridgehead atoms. The molecule has 0 aromatic carbocycles. The maximum Gasteiger partial charge on any atom is 0.145 e. The summed E-state index contributed by atoms with van der Waals surface area (Å²) >= 11 is 0. The molecule has 0 radical (unpaired) electrons. The van der Waals surface area contributed by atoms with Crippen molar-refractivity contribution in [1.29, 1.82) is 0 Å². The van der Waals surface area contributed by atoms with Crippen molar-refractivity contribution in [2.75, 3.05) is 7.11 Å². The second-order valence-electron chi connectivity index (χ2n) is 3.31. The first-order valence-electron chi connectivity index (χ1n) is 4.53. The zero-order chi connectivity index (χ0) is 11.1. The monoisotopic (exact) mass is 198 g/mol. The van der Waals surface area contributed by atoms with Crippen molar-refractivity contribution in [3.63, 3.8) is 0 Å². The van der Waals surface area contributed by atoms with Gasteiger partial charge in [0.05, 0.1) is 6.10 Å². The smallest absolute Gasteiger partial charge is 0.145 e. The Bertz CT molecular complexity index is 221. The van der Waals surface area contributed by atoms with Crippen LogP contribution in [-0.2, 0) is 9.53 Å². The number of ether oxygens (including phenoxy) is 1.